The van der Waals surface area contributed by atoms with E-state index in [4.69, 9.17) is 9.73 Å². The number of aliphatic imine (C=N–C) groups is 1. The number of phenols is 1. The monoisotopic (exact) mass is 492 g/mol. The first kappa shape index (κ1) is 21.8. The number of methoxy groups -OCH3 is 1. The molecule has 1 aliphatic heterocycles. The van der Waals surface area contributed by atoms with Gasteiger partial charge in [-0.2, -0.15) is 0 Å². The van der Waals surface area contributed by atoms with Crippen molar-refractivity contribution in [2.75, 3.05) is 7.11 Å². The highest BCUT2D eigenvalue weighted by Gasteiger charge is 2.39. The highest BCUT2D eigenvalue weighted by molar-refractivity contribution is 9.10. The van der Waals surface area contributed by atoms with Crippen molar-refractivity contribution in [2.24, 2.45) is 4.99 Å². The Morgan fingerprint density at radius 2 is 1.80 bits per heavy atom. The Morgan fingerprint density at radius 3 is 2.47 bits per heavy atom. The predicted octanol–water partition coefficient (Wildman–Crippen LogP) is 6.10. The maximum Gasteiger partial charge on any atom is 0.267 e. The Bertz CT molecular complexity index is 858. The number of hydrogen-bond donors (Lipinski definition) is 1. The molecule has 30 heavy (non-hydrogen) atoms. The zero-order valence-corrected chi connectivity index (χ0v) is 19.8. The Morgan fingerprint density at radius 1 is 1.13 bits per heavy atom. The van der Waals surface area contributed by atoms with Gasteiger partial charge in [0.25, 0.3) is 5.91 Å². The summed E-state index contributed by atoms with van der Waals surface area (Å²) in [6, 6.07) is 4.07. The summed E-state index contributed by atoms with van der Waals surface area (Å²) in [5.41, 5.74) is 0.569. The first-order valence-electron chi connectivity index (χ1n) is 10.9. The van der Waals surface area contributed by atoms with E-state index < -0.39 is 0 Å². The fourth-order valence-electron chi connectivity index (χ4n) is 4.61. The van der Waals surface area contributed by atoms with Gasteiger partial charge >= 0.3 is 0 Å². The number of aromatic hydroxyl groups is 1. The van der Waals surface area contributed by atoms with Gasteiger partial charge in [-0.3, -0.25) is 14.7 Å². The van der Waals surface area contributed by atoms with Crippen molar-refractivity contribution in [3.8, 4) is 11.5 Å². The first-order valence-corrected chi connectivity index (χ1v) is 12.5. The zero-order chi connectivity index (χ0) is 21.1. The van der Waals surface area contributed by atoms with E-state index in [0.717, 1.165) is 35.3 Å². The van der Waals surface area contributed by atoms with Crippen LogP contribution in [0.5, 0.6) is 11.5 Å². The lowest BCUT2D eigenvalue weighted by Gasteiger charge is -2.31. The van der Waals surface area contributed by atoms with E-state index in [-0.39, 0.29) is 17.7 Å². The molecule has 7 heteroatoms. The van der Waals surface area contributed by atoms with Gasteiger partial charge in [0.1, 0.15) is 0 Å². The van der Waals surface area contributed by atoms with Crippen molar-refractivity contribution >= 4 is 44.8 Å². The highest BCUT2D eigenvalue weighted by Crippen LogP contribution is 2.41. The highest BCUT2D eigenvalue weighted by atomic mass is 79.9. The van der Waals surface area contributed by atoms with Crippen molar-refractivity contribution in [2.45, 2.75) is 76.3 Å². The average Bonchev–Trinajstić information content (AvgIpc) is 3.06. The SMILES string of the molecule is COc1cc(Br)cc(C=C2SC(=NC3CCCCC3)N(C3CCCCC3)C2=O)c1O. The van der Waals surface area contributed by atoms with Crippen molar-refractivity contribution < 1.29 is 14.6 Å². The molecule has 1 aromatic rings. The Hall–Kier alpha value is -1.47. The quantitative estimate of drug-likeness (QED) is 0.515. The molecule has 3 fully saturated rings. The topological polar surface area (TPSA) is 62.1 Å². The lowest BCUT2D eigenvalue weighted by atomic mass is 9.94. The van der Waals surface area contributed by atoms with E-state index in [1.54, 1.807) is 18.2 Å². The molecule has 1 amide bonds. The lowest BCUT2D eigenvalue weighted by molar-refractivity contribution is -0.124. The number of amidine groups is 1. The van der Waals surface area contributed by atoms with Crippen molar-refractivity contribution in [3.05, 3.63) is 27.1 Å². The largest absolute Gasteiger partial charge is 0.504 e. The summed E-state index contributed by atoms with van der Waals surface area (Å²) < 4.78 is 6.05. The van der Waals surface area contributed by atoms with Crippen LogP contribution in [0, 0.1) is 0 Å². The normalized spacial score (nSPS) is 24.2. The van der Waals surface area contributed by atoms with Gasteiger partial charge in [0.15, 0.2) is 16.7 Å². The molecule has 0 unspecified atom stereocenters. The fourth-order valence-corrected chi connectivity index (χ4v) is 6.16. The van der Waals surface area contributed by atoms with Gasteiger partial charge in [0.05, 0.1) is 18.1 Å². The van der Waals surface area contributed by atoms with Crippen LogP contribution in [-0.2, 0) is 4.79 Å². The number of carbonyl (C=O) groups excluding carboxylic acids is 1. The summed E-state index contributed by atoms with van der Waals surface area (Å²) in [5.74, 6) is 0.440. The number of nitrogens with zero attached hydrogens (tertiary/aromatic N) is 2. The van der Waals surface area contributed by atoms with Gasteiger partial charge in [0, 0.05) is 16.1 Å². The third kappa shape index (κ3) is 4.72. The van der Waals surface area contributed by atoms with E-state index in [1.807, 2.05) is 4.90 Å². The van der Waals surface area contributed by atoms with Crippen LogP contribution in [0.4, 0.5) is 0 Å². The van der Waals surface area contributed by atoms with Crippen molar-refractivity contribution in [1.29, 1.82) is 0 Å². The number of ether oxygens (including phenoxy) is 1. The number of thioether (sulfide) groups is 1. The second-order valence-electron chi connectivity index (χ2n) is 8.33. The molecular formula is C23H29BrN2O3S. The average molecular weight is 493 g/mol. The van der Waals surface area contributed by atoms with Crippen molar-refractivity contribution in [3.63, 3.8) is 0 Å². The van der Waals surface area contributed by atoms with Crippen molar-refractivity contribution in [1.82, 2.24) is 4.90 Å². The van der Waals surface area contributed by atoms with Gasteiger partial charge in [-0.25, -0.2) is 0 Å². The number of phenolic OH excluding ortho intramolecular Hbond substituents is 1. The van der Waals surface area contributed by atoms with Crippen LogP contribution < -0.4 is 4.74 Å². The van der Waals surface area contributed by atoms with Gasteiger partial charge in [0.2, 0.25) is 0 Å². The molecular weight excluding hydrogens is 464 g/mol. The van der Waals surface area contributed by atoms with Gasteiger partial charge < -0.3 is 9.84 Å². The molecule has 0 atom stereocenters. The third-order valence-corrected chi connectivity index (χ3v) is 7.68. The Kier molecular flexibility index (Phi) is 7.08. The molecule has 3 aliphatic rings. The summed E-state index contributed by atoms with van der Waals surface area (Å²) in [7, 11) is 1.52. The molecule has 5 nitrogen and oxygen atoms in total. The molecule has 0 aromatic heterocycles. The Balaban J connectivity index is 1.68. The number of halogens is 1. The van der Waals surface area contributed by atoms with E-state index >= 15 is 0 Å². The van der Waals surface area contributed by atoms with Crippen LogP contribution in [0.1, 0.15) is 69.8 Å². The number of rotatable bonds is 4. The minimum atomic E-state index is 0.0137. The van der Waals surface area contributed by atoms with Crippen LogP contribution in [0.2, 0.25) is 0 Å². The van der Waals surface area contributed by atoms with Gasteiger partial charge in [-0.05, 0) is 55.7 Å². The number of hydrogen-bond acceptors (Lipinski definition) is 5. The number of benzene rings is 1. The Labute approximate surface area is 191 Å². The standard InChI is InChI=1S/C23H29BrN2O3S/c1-29-19-14-16(24)12-15(21(19)27)13-20-22(28)26(18-10-6-3-7-11-18)23(30-20)25-17-8-4-2-5-9-17/h12-14,17-18,27H,2-11H2,1H3. The van der Waals surface area contributed by atoms with E-state index in [0.29, 0.717) is 22.3 Å². The van der Waals surface area contributed by atoms with Crippen LogP contribution >= 0.6 is 27.7 Å². The minimum absolute atomic E-state index is 0.0137. The summed E-state index contributed by atoms with van der Waals surface area (Å²) in [4.78, 5) is 21.1. The van der Waals surface area contributed by atoms with E-state index in [9.17, 15) is 9.90 Å². The molecule has 0 spiro atoms. The number of carbonyl (C=O) groups is 1. The minimum Gasteiger partial charge on any atom is -0.504 e. The second kappa shape index (κ2) is 9.77. The fraction of sp³-hybridized carbons (Fsp3) is 0.565. The summed E-state index contributed by atoms with van der Waals surface area (Å²) in [6.45, 7) is 0. The molecule has 162 valence electrons. The molecule has 2 aliphatic carbocycles. The van der Waals surface area contributed by atoms with Crippen LogP contribution in [0.3, 0.4) is 0 Å². The van der Waals surface area contributed by atoms with E-state index in [1.165, 1.54) is 57.4 Å². The molecule has 4 rings (SSSR count). The third-order valence-electron chi connectivity index (χ3n) is 6.22. The smallest absolute Gasteiger partial charge is 0.267 e. The van der Waals surface area contributed by atoms with Crippen LogP contribution in [0.25, 0.3) is 6.08 Å². The number of amides is 1. The van der Waals surface area contributed by atoms with Gasteiger partial charge in [-0.1, -0.05) is 54.5 Å². The molecule has 1 N–H and O–H groups in total. The van der Waals surface area contributed by atoms with Crippen LogP contribution in [-0.4, -0.2) is 40.3 Å². The predicted molar refractivity (Wildman–Crippen MR) is 126 cm³/mol. The van der Waals surface area contributed by atoms with Gasteiger partial charge in [-0.15, -0.1) is 0 Å². The molecule has 0 radical (unpaired) electrons. The molecule has 0 bridgehead atoms. The summed E-state index contributed by atoms with van der Waals surface area (Å²) >= 11 is 4.92. The molecule has 2 saturated carbocycles. The second-order valence-corrected chi connectivity index (χ2v) is 10.3. The molecule has 1 aromatic carbocycles. The van der Waals surface area contributed by atoms with Crippen LogP contribution in [0.15, 0.2) is 26.5 Å². The maximum atomic E-state index is 13.4. The van der Waals surface area contributed by atoms with E-state index in [2.05, 4.69) is 15.9 Å². The summed E-state index contributed by atoms with van der Waals surface area (Å²) in [5, 5.41) is 11.4. The molecule has 1 heterocycles. The zero-order valence-electron chi connectivity index (χ0n) is 17.4. The lowest BCUT2D eigenvalue weighted by Crippen LogP contribution is -2.41. The maximum absolute atomic E-state index is 13.4. The molecule has 1 saturated heterocycles. The summed E-state index contributed by atoms with van der Waals surface area (Å²) in [6.07, 6.45) is 13.4. The first-order chi connectivity index (χ1) is 14.6.